The molecule has 5 N–H and O–H groups in total. The van der Waals surface area contributed by atoms with Gasteiger partial charge in [-0.1, -0.05) is 0 Å². The number of carboxylic acid groups (broad SMARTS) is 1. The number of carbonyl (C=O) groups excluding carboxylic acids is 1. The van der Waals surface area contributed by atoms with Crippen LogP contribution in [0.15, 0.2) is 0 Å². The van der Waals surface area contributed by atoms with Gasteiger partial charge in [-0.3, -0.25) is 9.59 Å². The predicted octanol–water partition coefficient (Wildman–Crippen LogP) is 2.13. The molecule has 0 saturated heterocycles. The van der Waals surface area contributed by atoms with Gasteiger partial charge in [-0.25, -0.2) is 0 Å². The summed E-state index contributed by atoms with van der Waals surface area (Å²) in [5.74, 6) is -0.308. The van der Waals surface area contributed by atoms with Crippen LogP contribution in [0.3, 0.4) is 0 Å². The highest BCUT2D eigenvalue weighted by Crippen LogP contribution is 2.43. The maximum Gasteiger partial charge on any atom is 0.320 e. The summed E-state index contributed by atoms with van der Waals surface area (Å²) in [5.41, 5.74) is 7.80. The van der Waals surface area contributed by atoms with Crippen LogP contribution in [-0.4, -0.2) is 40.3 Å². The highest BCUT2D eigenvalue weighted by molar-refractivity contribution is 5.86. The lowest BCUT2D eigenvalue weighted by Gasteiger charge is -2.36. The number of aliphatic carboxylic acids is 1. The summed E-state index contributed by atoms with van der Waals surface area (Å²) >= 11 is 0. The third-order valence-electron chi connectivity index (χ3n) is 5.29. The van der Waals surface area contributed by atoms with Gasteiger partial charge in [-0.15, -0.1) is 12.4 Å². The Kier molecular flexibility index (Phi) is 7.51. The summed E-state index contributed by atoms with van der Waals surface area (Å²) in [4.78, 5) is 23.3. The van der Waals surface area contributed by atoms with Gasteiger partial charge in [-0.05, 0) is 63.6 Å². The zero-order valence-electron chi connectivity index (χ0n) is 16.2. The van der Waals surface area contributed by atoms with E-state index in [1.54, 1.807) is 6.92 Å². The normalized spacial score (nSPS) is 19.3. The molecule has 0 fully saturated rings. The number of ether oxygens (including phenoxy) is 1. The van der Waals surface area contributed by atoms with Crippen LogP contribution < -0.4 is 15.8 Å². The van der Waals surface area contributed by atoms with Crippen molar-refractivity contribution in [2.45, 2.75) is 65.0 Å². The fraction of sp³-hybridized carbons (Fsp3) is 0.579. The first-order valence-electron chi connectivity index (χ1n) is 8.85. The van der Waals surface area contributed by atoms with Gasteiger partial charge >= 0.3 is 5.97 Å². The van der Waals surface area contributed by atoms with Crippen LogP contribution in [0.5, 0.6) is 11.5 Å². The molecule has 8 heteroatoms. The number of nitrogens with one attached hydrogen (secondary N) is 1. The minimum Gasteiger partial charge on any atom is -0.507 e. The Labute approximate surface area is 165 Å². The molecule has 27 heavy (non-hydrogen) atoms. The summed E-state index contributed by atoms with van der Waals surface area (Å²) in [6.07, 6.45) is 1.93. The molecule has 0 aromatic heterocycles. The number of fused-ring (bicyclic) bond motifs is 1. The third kappa shape index (κ3) is 4.65. The van der Waals surface area contributed by atoms with E-state index in [0.717, 1.165) is 22.3 Å². The fourth-order valence-electron chi connectivity index (χ4n) is 3.24. The van der Waals surface area contributed by atoms with E-state index >= 15 is 0 Å². The van der Waals surface area contributed by atoms with Crippen LogP contribution in [0.2, 0.25) is 0 Å². The van der Waals surface area contributed by atoms with Crippen LogP contribution in [0, 0.1) is 20.8 Å². The lowest BCUT2D eigenvalue weighted by atomic mass is 9.86. The van der Waals surface area contributed by atoms with Gasteiger partial charge in [0.2, 0.25) is 0 Å². The highest BCUT2D eigenvalue weighted by atomic mass is 35.5. The summed E-state index contributed by atoms with van der Waals surface area (Å²) in [7, 11) is 0. The Hall–Kier alpha value is -1.99. The quantitative estimate of drug-likeness (QED) is 0.542. The number of benzene rings is 1. The molecule has 0 radical (unpaired) electrons. The topological polar surface area (TPSA) is 122 Å². The second kappa shape index (κ2) is 8.80. The van der Waals surface area contributed by atoms with E-state index in [1.807, 2.05) is 20.8 Å². The molecule has 1 aromatic rings. The van der Waals surface area contributed by atoms with E-state index in [4.69, 9.17) is 15.6 Å². The Balaban J connectivity index is 0.00000364. The molecule has 2 unspecified atom stereocenters. The molecular weight excluding hydrogens is 372 g/mol. The molecule has 152 valence electrons. The highest BCUT2D eigenvalue weighted by Gasteiger charge is 2.40. The number of hydrogen-bond acceptors (Lipinski definition) is 5. The maximum absolute atomic E-state index is 12.6. The standard InChI is InChI=1S/C19H28N2O5.ClH/c1-10-11(2)16-13(12(3)15(10)22)7-8-19(4,26-16)18(25)21-9-5-6-14(20)17(23)24;/h14,22H,5-9,20H2,1-4H3,(H,21,25)(H,23,24);1H. The number of hydrogen-bond donors (Lipinski definition) is 4. The summed E-state index contributed by atoms with van der Waals surface area (Å²) in [5, 5.41) is 21.8. The van der Waals surface area contributed by atoms with Crippen molar-refractivity contribution in [1.82, 2.24) is 5.32 Å². The van der Waals surface area contributed by atoms with Gasteiger partial charge < -0.3 is 26.0 Å². The number of phenols is 1. The largest absolute Gasteiger partial charge is 0.507 e. The van der Waals surface area contributed by atoms with E-state index in [2.05, 4.69) is 5.32 Å². The lowest BCUT2D eigenvalue weighted by Crippen LogP contribution is -2.51. The predicted molar refractivity (Wildman–Crippen MR) is 105 cm³/mol. The fourth-order valence-corrected chi connectivity index (χ4v) is 3.24. The monoisotopic (exact) mass is 400 g/mol. The van der Waals surface area contributed by atoms with Crippen LogP contribution in [-0.2, 0) is 16.0 Å². The number of aromatic hydroxyl groups is 1. The van der Waals surface area contributed by atoms with Gasteiger partial charge in [0.25, 0.3) is 5.91 Å². The van der Waals surface area contributed by atoms with E-state index in [1.165, 1.54) is 0 Å². The van der Waals surface area contributed by atoms with E-state index in [9.17, 15) is 14.7 Å². The number of halogens is 1. The SMILES string of the molecule is Cc1c(C)c2c(c(C)c1O)CCC(C)(C(=O)NCCCC(N)C(=O)O)O2.Cl. The van der Waals surface area contributed by atoms with Gasteiger partial charge in [0.1, 0.15) is 17.5 Å². The van der Waals surface area contributed by atoms with Crippen molar-refractivity contribution in [3.8, 4) is 11.5 Å². The van der Waals surface area contributed by atoms with Crippen LogP contribution in [0.4, 0.5) is 0 Å². The van der Waals surface area contributed by atoms with Gasteiger partial charge in [0.05, 0.1) is 0 Å². The minimum atomic E-state index is -1.04. The van der Waals surface area contributed by atoms with Crippen molar-refractivity contribution in [1.29, 1.82) is 0 Å². The van der Waals surface area contributed by atoms with Crippen molar-refractivity contribution in [2.24, 2.45) is 5.73 Å². The van der Waals surface area contributed by atoms with Crippen LogP contribution in [0.25, 0.3) is 0 Å². The maximum atomic E-state index is 12.6. The molecule has 2 atom stereocenters. The zero-order chi connectivity index (χ0) is 19.6. The van der Waals surface area contributed by atoms with Crippen LogP contribution in [0.1, 0.15) is 48.4 Å². The number of rotatable bonds is 6. The van der Waals surface area contributed by atoms with Gasteiger partial charge in [0.15, 0.2) is 5.60 Å². The Morgan fingerprint density at radius 2 is 1.89 bits per heavy atom. The van der Waals surface area contributed by atoms with E-state index < -0.39 is 17.6 Å². The second-order valence-electron chi connectivity index (χ2n) is 7.21. The van der Waals surface area contributed by atoms with Gasteiger partial charge in [0, 0.05) is 18.5 Å². The van der Waals surface area contributed by atoms with Crippen molar-refractivity contribution >= 4 is 24.3 Å². The molecule has 1 aliphatic heterocycles. The number of nitrogens with two attached hydrogens (primary N) is 1. The second-order valence-corrected chi connectivity index (χ2v) is 7.21. The van der Waals surface area contributed by atoms with Crippen molar-refractivity contribution in [2.75, 3.05) is 6.54 Å². The zero-order valence-corrected chi connectivity index (χ0v) is 17.0. The first-order chi connectivity index (χ1) is 12.1. The molecule has 0 spiro atoms. The molecular formula is C19H29ClN2O5. The van der Waals surface area contributed by atoms with Gasteiger partial charge in [-0.2, -0.15) is 0 Å². The molecule has 1 aromatic carbocycles. The van der Waals surface area contributed by atoms with E-state index in [0.29, 0.717) is 38.0 Å². The molecule has 1 amide bonds. The summed E-state index contributed by atoms with van der Waals surface area (Å²) < 4.78 is 6.10. The lowest BCUT2D eigenvalue weighted by molar-refractivity contribution is -0.138. The Bertz CT molecular complexity index is 738. The average molecular weight is 401 g/mol. The summed E-state index contributed by atoms with van der Waals surface area (Å²) in [6.45, 7) is 7.67. The first-order valence-corrected chi connectivity index (χ1v) is 8.85. The number of carboxylic acids is 1. The van der Waals surface area contributed by atoms with Crippen LogP contribution >= 0.6 is 12.4 Å². The molecule has 7 nitrogen and oxygen atoms in total. The average Bonchev–Trinajstić information content (AvgIpc) is 2.61. The van der Waals surface area contributed by atoms with Crippen molar-refractivity contribution in [3.05, 3.63) is 22.3 Å². The van der Waals surface area contributed by atoms with Crippen molar-refractivity contribution < 1.29 is 24.5 Å². The number of phenolic OH excluding ortho intramolecular Hbond substituents is 1. The molecule has 0 bridgehead atoms. The smallest absolute Gasteiger partial charge is 0.320 e. The minimum absolute atomic E-state index is 0. The van der Waals surface area contributed by atoms with E-state index in [-0.39, 0.29) is 24.1 Å². The molecule has 1 aliphatic rings. The molecule has 2 rings (SSSR count). The van der Waals surface area contributed by atoms with Crippen molar-refractivity contribution in [3.63, 3.8) is 0 Å². The number of carbonyl (C=O) groups is 2. The molecule has 0 aliphatic carbocycles. The number of amides is 1. The first kappa shape index (κ1) is 23.0. The third-order valence-corrected chi connectivity index (χ3v) is 5.29. The molecule has 0 saturated carbocycles. The summed E-state index contributed by atoms with van der Waals surface area (Å²) in [6, 6.07) is -0.915. The Morgan fingerprint density at radius 3 is 2.48 bits per heavy atom. The molecule has 1 heterocycles. The Morgan fingerprint density at radius 1 is 1.26 bits per heavy atom.